The molecule has 26 heavy (non-hydrogen) atoms. The first-order valence-electron chi connectivity index (χ1n) is 8.41. The molecule has 1 aliphatic heterocycles. The number of hydrogen-bond donors (Lipinski definition) is 1. The molecule has 0 spiro atoms. The molecule has 0 amide bonds. The molecule has 0 fully saturated rings. The van der Waals surface area contributed by atoms with Gasteiger partial charge in [-0.1, -0.05) is 12.1 Å². The predicted molar refractivity (Wildman–Crippen MR) is 102 cm³/mol. The molecular weight excluding hydrogens is 368 g/mol. The Morgan fingerprint density at radius 3 is 2.81 bits per heavy atom. The first-order chi connectivity index (χ1) is 12.4. The van der Waals surface area contributed by atoms with Crippen LogP contribution in [-0.2, 0) is 22.8 Å². The van der Waals surface area contributed by atoms with Crippen molar-refractivity contribution in [3.05, 3.63) is 46.8 Å². The number of thioether (sulfide) groups is 1. The zero-order valence-corrected chi connectivity index (χ0v) is 16.5. The lowest BCUT2D eigenvalue weighted by atomic mass is 10.1. The molecule has 8 heteroatoms. The molecule has 0 atom stereocenters. The molecule has 0 unspecified atom stereocenters. The third-order valence-corrected chi connectivity index (χ3v) is 7.30. The van der Waals surface area contributed by atoms with Gasteiger partial charge >= 0.3 is 0 Å². The summed E-state index contributed by atoms with van der Waals surface area (Å²) in [7, 11) is -3.71. The van der Waals surface area contributed by atoms with Gasteiger partial charge in [0, 0.05) is 30.8 Å². The smallest absolute Gasteiger partial charge is 0.213 e. The average molecular weight is 389 g/mol. The van der Waals surface area contributed by atoms with E-state index in [1.165, 1.54) is 11.8 Å². The van der Waals surface area contributed by atoms with Crippen LogP contribution in [0.5, 0.6) is 0 Å². The van der Waals surface area contributed by atoms with E-state index in [0.717, 1.165) is 42.0 Å². The van der Waals surface area contributed by atoms with Crippen molar-refractivity contribution in [2.24, 2.45) is 0 Å². The van der Waals surface area contributed by atoms with Crippen LogP contribution in [0.15, 0.2) is 39.1 Å². The number of rotatable bonds is 3. The van der Waals surface area contributed by atoms with Gasteiger partial charge in [-0.3, -0.25) is 0 Å². The van der Waals surface area contributed by atoms with Crippen LogP contribution >= 0.6 is 11.8 Å². The first-order valence-corrected chi connectivity index (χ1v) is 11.1. The first kappa shape index (κ1) is 17.5. The van der Waals surface area contributed by atoms with Gasteiger partial charge in [-0.05, 0) is 37.8 Å². The zero-order chi connectivity index (χ0) is 18.5. The highest BCUT2D eigenvalue weighted by atomic mass is 32.2. The van der Waals surface area contributed by atoms with Gasteiger partial charge in [-0.25, -0.2) is 17.9 Å². The fraction of sp³-hybridized carbons (Fsp3) is 0.333. The van der Waals surface area contributed by atoms with Crippen molar-refractivity contribution in [3.63, 3.8) is 0 Å². The van der Waals surface area contributed by atoms with Gasteiger partial charge in [0.05, 0.1) is 10.6 Å². The standard InChI is InChI=1S/C18H20N4O2S2/c1-11-5-4-6-13(9-11)26(23,24)16-17-20-12(2)14-10-19-8-7-15(14)22(17)21-18(16)25-3/h4-6,9,19H,7-8,10H2,1-3H3. The maximum atomic E-state index is 13.4. The topological polar surface area (TPSA) is 76.4 Å². The van der Waals surface area contributed by atoms with Gasteiger partial charge in [0.1, 0.15) is 5.03 Å². The molecular formula is C18H20N4O2S2. The van der Waals surface area contributed by atoms with Gasteiger partial charge in [-0.15, -0.1) is 11.8 Å². The van der Waals surface area contributed by atoms with Crippen LogP contribution in [0.2, 0.25) is 0 Å². The number of benzene rings is 1. The molecule has 0 saturated carbocycles. The summed E-state index contributed by atoms with van der Waals surface area (Å²) in [5.74, 6) is 0. The Hall–Kier alpha value is -1.90. The van der Waals surface area contributed by atoms with E-state index in [4.69, 9.17) is 0 Å². The minimum Gasteiger partial charge on any atom is -0.312 e. The van der Waals surface area contributed by atoms with Crippen LogP contribution in [0.4, 0.5) is 0 Å². The minimum atomic E-state index is -3.71. The van der Waals surface area contributed by atoms with Crippen molar-refractivity contribution in [1.82, 2.24) is 19.9 Å². The summed E-state index contributed by atoms with van der Waals surface area (Å²) < 4.78 is 28.5. The van der Waals surface area contributed by atoms with Crippen molar-refractivity contribution in [1.29, 1.82) is 0 Å². The second-order valence-corrected chi connectivity index (χ2v) is 9.12. The second-order valence-electron chi connectivity index (χ2n) is 6.44. The van der Waals surface area contributed by atoms with Crippen LogP contribution < -0.4 is 5.32 Å². The Labute approximate surface area is 156 Å². The molecule has 0 aliphatic carbocycles. The molecule has 0 saturated heterocycles. The molecule has 0 radical (unpaired) electrons. The Bertz CT molecular complexity index is 1120. The average Bonchev–Trinajstić information content (AvgIpc) is 3.01. The third-order valence-electron chi connectivity index (χ3n) is 4.71. The number of aryl methyl sites for hydroxylation is 2. The molecule has 3 heterocycles. The van der Waals surface area contributed by atoms with Crippen LogP contribution in [0.25, 0.3) is 5.65 Å². The van der Waals surface area contributed by atoms with E-state index in [9.17, 15) is 8.42 Å². The molecule has 1 aliphatic rings. The number of hydrogen-bond acceptors (Lipinski definition) is 6. The highest BCUT2D eigenvalue weighted by Crippen LogP contribution is 2.34. The van der Waals surface area contributed by atoms with Gasteiger partial charge in [-0.2, -0.15) is 5.10 Å². The Kier molecular flexibility index (Phi) is 4.29. The predicted octanol–water partition coefficient (Wildman–Crippen LogP) is 2.55. The summed E-state index contributed by atoms with van der Waals surface area (Å²) in [6.07, 6.45) is 2.65. The zero-order valence-electron chi connectivity index (χ0n) is 14.9. The quantitative estimate of drug-likeness (QED) is 0.695. The van der Waals surface area contributed by atoms with Crippen molar-refractivity contribution in [3.8, 4) is 0 Å². The number of aromatic nitrogens is 3. The molecule has 1 aromatic carbocycles. The summed E-state index contributed by atoms with van der Waals surface area (Å²) in [4.78, 5) is 5.13. The lowest BCUT2D eigenvalue weighted by Crippen LogP contribution is -2.27. The van der Waals surface area contributed by atoms with E-state index in [1.807, 2.05) is 26.2 Å². The van der Waals surface area contributed by atoms with E-state index in [2.05, 4.69) is 15.4 Å². The summed E-state index contributed by atoms with van der Waals surface area (Å²) in [5, 5.41) is 8.44. The van der Waals surface area contributed by atoms with Gasteiger partial charge in [0.25, 0.3) is 0 Å². The lowest BCUT2D eigenvalue weighted by molar-refractivity contribution is 0.594. The summed E-state index contributed by atoms with van der Waals surface area (Å²) in [6.45, 7) is 5.40. The van der Waals surface area contributed by atoms with Crippen molar-refractivity contribution in [2.75, 3.05) is 12.8 Å². The van der Waals surface area contributed by atoms with Crippen LogP contribution in [0, 0.1) is 13.8 Å². The highest BCUT2D eigenvalue weighted by Gasteiger charge is 2.30. The van der Waals surface area contributed by atoms with Gasteiger partial charge in [0.2, 0.25) is 9.84 Å². The fourth-order valence-corrected chi connectivity index (χ4v) is 5.90. The molecule has 4 rings (SSSR count). The van der Waals surface area contributed by atoms with Crippen LogP contribution in [0.1, 0.15) is 22.5 Å². The van der Waals surface area contributed by atoms with E-state index >= 15 is 0 Å². The highest BCUT2D eigenvalue weighted by molar-refractivity contribution is 7.99. The fourth-order valence-electron chi connectivity index (χ4n) is 3.40. The van der Waals surface area contributed by atoms with Crippen molar-refractivity contribution >= 4 is 27.2 Å². The summed E-state index contributed by atoms with van der Waals surface area (Å²) in [6, 6.07) is 6.97. The Balaban J connectivity index is 2.05. The van der Waals surface area contributed by atoms with Crippen LogP contribution in [0.3, 0.4) is 0 Å². The summed E-state index contributed by atoms with van der Waals surface area (Å²) in [5.41, 5.74) is 4.34. The lowest BCUT2D eigenvalue weighted by Gasteiger charge is -2.19. The van der Waals surface area contributed by atoms with E-state index in [1.54, 1.807) is 22.7 Å². The maximum Gasteiger partial charge on any atom is 0.213 e. The number of fused-ring (bicyclic) bond motifs is 3. The molecule has 1 N–H and O–H groups in total. The Morgan fingerprint density at radius 2 is 2.08 bits per heavy atom. The molecule has 6 nitrogen and oxygen atoms in total. The number of nitrogens with zero attached hydrogens (tertiary/aromatic N) is 3. The van der Waals surface area contributed by atoms with Crippen LogP contribution in [-0.4, -0.2) is 35.8 Å². The maximum absolute atomic E-state index is 13.4. The minimum absolute atomic E-state index is 0.208. The Morgan fingerprint density at radius 1 is 1.27 bits per heavy atom. The molecule has 3 aromatic rings. The largest absolute Gasteiger partial charge is 0.312 e. The third kappa shape index (κ3) is 2.64. The normalized spacial score (nSPS) is 14.6. The van der Waals surface area contributed by atoms with Crippen molar-refractivity contribution < 1.29 is 8.42 Å². The molecule has 136 valence electrons. The summed E-state index contributed by atoms with van der Waals surface area (Å²) >= 11 is 1.34. The monoisotopic (exact) mass is 388 g/mol. The van der Waals surface area contributed by atoms with E-state index < -0.39 is 9.84 Å². The van der Waals surface area contributed by atoms with E-state index in [0.29, 0.717) is 10.7 Å². The van der Waals surface area contributed by atoms with E-state index in [-0.39, 0.29) is 9.79 Å². The number of sulfone groups is 1. The molecule has 2 aromatic heterocycles. The SMILES string of the molecule is CSc1nn2c3c(c(C)nc2c1S(=O)(=O)c1cccc(C)c1)CNCC3. The van der Waals surface area contributed by atoms with Gasteiger partial charge in [0.15, 0.2) is 10.5 Å². The molecule has 0 bridgehead atoms. The van der Waals surface area contributed by atoms with Gasteiger partial charge < -0.3 is 5.32 Å². The van der Waals surface area contributed by atoms with Crippen molar-refractivity contribution in [2.45, 2.75) is 41.6 Å². The number of nitrogens with one attached hydrogen (secondary N) is 1. The second kappa shape index (κ2) is 6.37.